The molecule has 21 heavy (non-hydrogen) atoms. The van der Waals surface area contributed by atoms with Crippen molar-refractivity contribution in [2.75, 3.05) is 13.7 Å². The Hall–Kier alpha value is -2.24. The van der Waals surface area contributed by atoms with E-state index in [0.29, 0.717) is 19.4 Å². The molecule has 3 N–H and O–H groups in total. The normalized spacial score (nSPS) is 9.81. The number of hydrogen-bond acceptors (Lipinski definition) is 3. The fraction of sp³-hybridized carbons (Fsp3) is 0.467. The van der Waals surface area contributed by atoms with Gasteiger partial charge in [-0.3, -0.25) is 10.2 Å². The van der Waals surface area contributed by atoms with E-state index in [1.54, 1.807) is 7.11 Å². The van der Waals surface area contributed by atoms with Crippen LogP contribution in [-0.2, 0) is 11.2 Å². The van der Waals surface area contributed by atoms with Gasteiger partial charge in [0.2, 0.25) is 5.91 Å². The number of aryl methyl sites for hydroxylation is 1. The maximum absolute atomic E-state index is 11.6. The minimum absolute atomic E-state index is 0.204. The number of amides is 3. The number of benzene rings is 1. The molecule has 0 saturated heterocycles. The van der Waals surface area contributed by atoms with E-state index in [1.807, 2.05) is 31.2 Å². The average molecular weight is 293 g/mol. The van der Waals surface area contributed by atoms with Crippen molar-refractivity contribution in [3.8, 4) is 5.75 Å². The van der Waals surface area contributed by atoms with Gasteiger partial charge >= 0.3 is 6.03 Å². The number of carbonyl (C=O) groups is 2. The second kappa shape index (κ2) is 9.63. The summed E-state index contributed by atoms with van der Waals surface area (Å²) in [6, 6.07) is 7.37. The monoisotopic (exact) mass is 293 g/mol. The van der Waals surface area contributed by atoms with E-state index in [1.165, 1.54) is 0 Å². The standard InChI is InChI=1S/C15H23N3O3/c1-3-10-16-15(20)18-17-14(19)9-5-7-12-6-4-8-13(11-12)21-2/h4,6,8,11H,3,5,7,9-10H2,1-2H3,(H,17,19)(H2,16,18,20). The number of rotatable bonds is 7. The van der Waals surface area contributed by atoms with Crippen LogP contribution in [0.1, 0.15) is 31.7 Å². The summed E-state index contributed by atoms with van der Waals surface area (Å²) < 4.78 is 5.15. The van der Waals surface area contributed by atoms with Crippen LogP contribution in [0.4, 0.5) is 4.79 Å². The largest absolute Gasteiger partial charge is 0.497 e. The summed E-state index contributed by atoms with van der Waals surface area (Å²) in [6.07, 6.45) is 2.69. The summed E-state index contributed by atoms with van der Waals surface area (Å²) in [7, 11) is 1.63. The lowest BCUT2D eigenvalue weighted by Gasteiger charge is -2.08. The second-order valence-electron chi connectivity index (χ2n) is 4.63. The van der Waals surface area contributed by atoms with Gasteiger partial charge in [0, 0.05) is 13.0 Å². The van der Waals surface area contributed by atoms with Crippen LogP contribution in [0.3, 0.4) is 0 Å². The van der Waals surface area contributed by atoms with E-state index in [9.17, 15) is 9.59 Å². The third-order valence-electron chi connectivity index (χ3n) is 2.85. The van der Waals surface area contributed by atoms with Gasteiger partial charge in [0.15, 0.2) is 0 Å². The van der Waals surface area contributed by atoms with Crippen LogP contribution in [0.15, 0.2) is 24.3 Å². The van der Waals surface area contributed by atoms with Crippen molar-refractivity contribution in [1.82, 2.24) is 16.2 Å². The van der Waals surface area contributed by atoms with E-state index in [2.05, 4.69) is 16.2 Å². The van der Waals surface area contributed by atoms with Crippen LogP contribution in [0, 0.1) is 0 Å². The molecule has 0 aliphatic heterocycles. The van der Waals surface area contributed by atoms with Crippen molar-refractivity contribution in [2.24, 2.45) is 0 Å². The number of methoxy groups -OCH3 is 1. The summed E-state index contributed by atoms with van der Waals surface area (Å²) in [4.78, 5) is 22.8. The van der Waals surface area contributed by atoms with Crippen molar-refractivity contribution in [3.63, 3.8) is 0 Å². The molecule has 0 spiro atoms. The molecule has 6 nitrogen and oxygen atoms in total. The fourth-order valence-electron chi connectivity index (χ4n) is 1.75. The number of carbonyl (C=O) groups excluding carboxylic acids is 2. The molecule has 0 saturated carbocycles. The first kappa shape index (κ1) is 16.8. The topological polar surface area (TPSA) is 79.5 Å². The third kappa shape index (κ3) is 7.20. The maximum Gasteiger partial charge on any atom is 0.333 e. The number of ether oxygens (including phenoxy) is 1. The highest BCUT2D eigenvalue weighted by molar-refractivity contribution is 5.80. The van der Waals surface area contributed by atoms with Gasteiger partial charge in [-0.05, 0) is 37.0 Å². The van der Waals surface area contributed by atoms with Gasteiger partial charge in [-0.1, -0.05) is 19.1 Å². The smallest absolute Gasteiger partial charge is 0.333 e. The Morgan fingerprint density at radius 3 is 2.76 bits per heavy atom. The van der Waals surface area contributed by atoms with Gasteiger partial charge in [0.1, 0.15) is 5.75 Å². The minimum atomic E-state index is -0.391. The zero-order chi connectivity index (χ0) is 15.5. The van der Waals surface area contributed by atoms with Gasteiger partial charge in [-0.2, -0.15) is 0 Å². The molecule has 0 radical (unpaired) electrons. The highest BCUT2D eigenvalue weighted by Crippen LogP contribution is 2.14. The Balaban J connectivity index is 2.19. The van der Waals surface area contributed by atoms with E-state index in [-0.39, 0.29) is 5.91 Å². The zero-order valence-corrected chi connectivity index (χ0v) is 12.6. The Morgan fingerprint density at radius 1 is 1.24 bits per heavy atom. The van der Waals surface area contributed by atoms with E-state index in [4.69, 9.17) is 4.74 Å². The molecular formula is C15H23N3O3. The molecule has 3 amide bonds. The molecule has 0 aromatic heterocycles. The summed E-state index contributed by atoms with van der Waals surface area (Å²) in [5.74, 6) is 0.607. The molecule has 0 fully saturated rings. The van der Waals surface area contributed by atoms with Gasteiger partial charge in [0.05, 0.1) is 7.11 Å². The van der Waals surface area contributed by atoms with Crippen LogP contribution in [0.5, 0.6) is 5.75 Å². The maximum atomic E-state index is 11.6. The molecule has 0 unspecified atom stereocenters. The van der Waals surface area contributed by atoms with Crippen LogP contribution in [-0.4, -0.2) is 25.6 Å². The molecule has 1 aromatic rings. The summed E-state index contributed by atoms with van der Waals surface area (Å²) in [5.41, 5.74) is 5.81. The van der Waals surface area contributed by atoms with Gasteiger partial charge in [-0.25, -0.2) is 10.2 Å². The molecule has 0 heterocycles. The summed E-state index contributed by atoms with van der Waals surface area (Å²) in [6.45, 7) is 2.54. The van der Waals surface area contributed by atoms with Crippen molar-refractivity contribution in [1.29, 1.82) is 0 Å². The molecular weight excluding hydrogens is 270 g/mol. The van der Waals surface area contributed by atoms with Crippen molar-refractivity contribution in [2.45, 2.75) is 32.6 Å². The molecule has 1 rings (SSSR count). The summed E-state index contributed by atoms with van der Waals surface area (Å²) >= 11 is 0. The predicted molar refractivity (Wildman–Crippen MR) is 80.9 cm³/mol. The Kier molecular flexibility index (Phi) is 7.71. The average Bonchev–Trinajstić information content (AvgIpc) is 2.51. The van der Waals surface area contributed by atoms with Crippen molar-refractivity contribution in [3.05, 3.63) is 29.8 Å². The molecule has 116 valence electrons. The Labute approximate surface area is 125 Å². The fourth-order valence-corrected chi connectivity index (χ4v) is 1.75. The zero-order valence-electron chi connectivity index (χ0n) is 12.6. The molecule has 0 aliphatic rings. The molecule has 0 bridgehead atoms. The van der Waals surface area contributed by atoms with E-state index < -0.39 is 6.03 Å². The highest BCUT2D eigenvalue weighted by Gasteiger charge is 2.04. The first-order valence-electron chi connectivity index (χ1n) is 7.11. The van der Waals surface area contributed by atoms with Crippen LogP contribution < -0.4 is 20.9 Å². The van der Waals surface area contributed by atoms with E-state index >= 15 is 0 Å². The molecule has 6 heteroatoms. The Morgan fingerprint density at radius 2 is 2.05 bits per heavy atom. The SMILES string of the molecule is CCCNC(=O)NNC(=O)CCCc1cccc(OC)c1. The molecule has 0 atom stereocenters. The first-order valence-corrected chi connectivity index (χ1v) is 7.11. The number of hydrogen-bond donors (Lipinski definition) is 3. The van der Waals surface area contributed by atoms with Crippen LogP contribution >= 0.6 is 0 Å². The van der Waals surface area contributed by atoms with E-state index in [0.717, 1.165) is 24.2 Å². The number of hydrazine groups is 1. The Bertz CT molecular complexity index is 463. The van der Waals surface area contributed by atoms with Gasteiger partial charge < -0.3 is 10.1 Å². The number of urea groups is 1. The summed E-state index contributed by atoms with van der Waals surface area (Å²) in [5, 5.41) is 2.60. The van der Waals surface area contributed by atoms with Crippen molar-refractivity contribution >= 4 is 11.9 Å². The minimum Gasteiger partial charge on any atom is -0.497 e. The van der Waals surface area contributed by atoms with Crippen LogP contribution in [0.2, 0.25) is 0 Å². The second-order valence-corrected chi connectivity index (χ2v) is 4.63. The van der Waals surface area contributed by atoms with Crippen LogP contribution in [0.25, 0.3) is 0 Å². The molecule has 0 aliphatic carbocycles. The predicted octanol–water partition coefficient (Wildman–Crippen LogP) is 1.76. The number of nitrogens with one attached hydrogen (secondary N) is 3. The third-order valence-corrected chi connectivity index (χ3v) is 2.85. The lowest BCUT2D eigenvalue weighted by atomic mass is 10.1. The molecule has 1 aromatic carbocycles. The van der Waals surface area contributed by atoms with Gasteiger partial charge in [-0.15, -0.1) is 0 Å². The highest BCUT2D eigenvalue weighted by atomic mass is 16.5. The quantitative estimate of drug-likeness (QED) is 0.670. The van der Waals surface area contributed by atoms with Gasteiger partial charge in [0.25, 0.3) is 0 Å². The lowest BCUT2D eigenvalue weighted by Crippen LogP contribution is -2.47. The van der Waals surface area contributed by atoms with Crippen molar-refractivity contribution < 1.29 is 14.3 Å². The lowest BCUT2D eigenvalue weighted by molar-refractivity contribution is -0.121. The first-order chi connectivity index (χ1) is 10.2.